The summed E-state index contributed by atoms with van der Waals surface area (Å²) in [5.41, 5.74) is 9.24. The average Bonchev–Trinajstić information content (AvgIpc) is 3.46. The van der Waals surface area contributed by atoms with Crippen molar-refractivity contribution in [1.82, 2.24) is 9.88 Å². The van der Waals surface area contributed by atoms with E-state index in [1.807, 2.05) is 29.8 Å². The largest absolute Gasteiger partial charge is 0.369 e. The van der Waals surface area contributed by atoms with Gasteiger partial charge in [-0.15, -0.1) is 11.3 Å². The van der Waals surface area contributed by atoms with Crippen molar-refractivity contribution in [3.63, 3.8) is 0 Å². The van der Waals surface area contributed by atoms with Crippen LogP contribution in [0.3, 0.4) is 0 Å². The molecular weight excluding hydrogens is 388 g/mol. The highest BCUT2D eigenvalue weighted by molar-refractivity contribution is 7.15. The molecule has 5 heteroatoms. The Morgan fingerprint density at radius 2 is 1.77 bits per heavy atom. The van der Waals surface area contributed by atoms with Gasteiger partial charge in [-0.05, 0) is 48.0 Å². The van der Waals surface area contributed by atoms with Gasteiger partial charge in [0.25, 0.3) is 0 Å². The molecule has 1 fully saturated rings. The SMILES string of the molecule is CN1CCN(c2ccc(C3=NCC4=C3Cc3sc(-c5cccnc5)cc34)cc2)CC1. The lowest BCUT2D eigenvalue weighted by molar-refractivity contribution is 0.313. The second kappa shape index (κ2) is 7.18. The summed E-state index contributed by atoms with van der Waals surface area (Å²) in [6.45, 7) is 5.28. The van der Waals surface area contributed by atoms with E-state index < -0.39 is 0 Å². The third kappa shape index (κ3) is 3.01. The number of hydrogen-bond donors (Lipinski definition) is 0. The highest BCUT2D eigenvalue weighted by Gasteiger charge is 2.31. The lowest BCUT2D eigenvalue weighted by Gasteiger charge is -2.34. The molecule has 0 N–H and O–H groups in total. The van der Waals surface area contributed by atoms with E-state index in [-0.39, 0.29) is 0 Å². The first kappa shape index (κ1) is 18.0. The van der Waals surface area contributed by atoms with Gasteiger partial charge in [-0.25, -0.2) is 0 Å². The molecule has 4 heterocycles. The standard InChI is InChI=1S/C25H24N4S/c1-28-9-11-29(12-10-28)19-6-4-17(5-7-19)25-21-14-24-20(22(21)16-27-25)13-23(30-24)18-3-2-8-26-15-18/h2-8,13,15H,9-12,14,16H2,1H3. The van der Waals surface area contributed by atoms with Crippen LogP contribution in [0.2, 0.25) is 0 Å². The fourth-order valence-corrected chi connectivity index (χ4v) is 5.91. The molecule has 150 valence electrons. The maximum Gasteiger partial charge on any atom is 0.0690 e. The minimum Gasteiger partial charge on any atom is -0.369 e. The van der Waals surface area contributed by atoms with Gasteiger partial charge in [0.1, 0.15) is 0 Å². The predicted molar refractivity (Wildman–Crippen MR) is 126 cm³/mol. The zero-order chi connectivity index (χ0) is 20.1. The second-order valence-electron chi connectivity index (χ2n) is 8.33. The van der Waals surface area contributed by atoms with Gasteiger partial charge < -0.3 is 9.80 Å². The Labute approximate surface area is 181 Å². The van der Waals surface area contributed by atoms with E-state index in [4.69, 9.17) is 4.99 Å². The Balaban J connectivity index is 1.24. The predicted octanol–water partition coefficient (Wildman–Crippen LogP) is 4.37. The number of rotatable bonds is 3. The van der Waals surface area contributed by atoms with Crippen molar-refractivity contribution in [3.05, 3.63) is 76.4 Å². The zero-order valence-corrected chi connectivity index (χ0v) is 18.0. The van der Waals surface area contributed by atoms with Gasteiger partial charge in [0, 0.05) is 71.6 Å². The molecule has 0 bridgehead atoms. The van der Waals surface area contributed by atoms with Crippen molar-refractivity contribution >= 4 is 28.3 Å². The lowest BCUT2D eigenvalue weighted by atomic mass is 10.00. The molecule has 30 heavy (non-hydrogen) atoms. The molecule has 1 aliphatic carbocycles. The van der Waals surface area contributed by atoms with Crippen molar-refractivity contribution in [3.8, 4) is 10.4 Å². The summed E-state index contributed by atoms with van der Waals surface area (Å²) in [5.74, 6) is 0. The van der Waals surface area contributed by atoms with Crippen LogP contribution in [0.1, 0.15) is 16.0 Å². The van der Waals surface area contributed by atoms with Crippen LogP contribution in [0.25, 0.3) is 16.0 Å². The van der Waals surface area contributed by atoms with Crippen molar-refractivity contribution in [1.29, 1.82) is 0 Å². The van der Waals surface area contributed by atoms with Crippen LogP contribution in [-0.4, -0.2) is 55.4 Å². The Bertz CT molecular complexity index is 1150. The highest BCUT2D eigenvalue weighted by Crippen LogP contribution is 2.45. The molecule has 0 amide bonds. The van der Waals surface area contributed by atoms with Crippen molar-refractivity contribution in [2.24, 2.45) is 4.99 Å². The molecule has 2 aromatic heterocycles. The zero-order valence-electron chi connectivity index (χ0n) is 17.1. The van der Waals surface area contributed by atoms with Crippen LogP contribution in [0, 0.1) is 0 Å². The Morgan fingerprint density at radius 1 is 0.933 bits per heavy atom. The highest BCUT2D eigenvalue weighted by atomic mass is 32.1. The molecule has 0 unspecified atom stereocenters. The van der Waals surface area contributed by atoms with Crippen LogP contribution in [0.15, 0.2) is 65.4 Å². The van der Waals surface area contributed by atoms with Gasteiger partial charge in [-0.2, -0.15) is 0 Å². The van der Waals surface area contributed by atoms with E-state index in [1.165, 1.54) is 49.0 Å². The van der Waals surface area contributed by atoms with Crippen LogP contribution < -0.4 is 4.90 Å². The van der Waals surface area contributed by atoms with Crippen LogP contribution in [0.5, 0.6) is 0 Å². The number of pyridine rings is 1. The molecule has 6 rings (SSSR count). The molecule has 1 aromatic carbocycles. The lowest BCUT2D eigenvalue weighted by Crippen LogP contribution is -2.44. The van der Waals surface area contributed by atoms with Crippen LogP contribution >= 0.6 is 11.3 Å². The quantitative estimate of drug-likeness (QED) is 0.640. The molecule has 0 atom stereocenters. The third-order valence-corrected chi connectivity index (χ3v) is 7.66. The number of fused-ring (bicyclic) bond motifs is 2. The molecule has 0 saturated carbocycles. The van der Waals surface area contributed by atoms with Crippen LogP contribution in [-0.2, 0) is 6.42 Å². The third-order valence-electron chi connectivity index (χ3n) is 6.47. The minimum atomic E-state index is 0.807. The van der Waals surface area contributed by atoms with E-state index in [0.29, 0.717) is 0 Å². The summed E-state index contributed by atoms with van der Waals surface area (Å²) < 4.78 is 0. The Morgan fingerprint density at radius 3 is 2.53 bits per heavy atom. The summed E-state index contributed by atoms with van der Waals surface area (Å²) in [6, 6.07) is 15.6. The van der Waals surface area contributed by atoms with E-state index in [9.17, 15) is 0 Å². The number of hydrogen-bond acceptors (Lipinski definition) is 5. The van der Waals surface area contributed by atoms with Gasteiger partial charge in [0.15, 0.2) is 0 Å². The van der Waals surface area contributed by atoms with E-state index in [2.05, 4.69) is 58.2 Å². The van der Waals surface area contributed by atoms with Crippen molar-refractivity contribution in [2.75, 3.05) is 44.7 Å². The first-order valence-corrected chi connectivity index (χ1v) is 11.4. The molecule has 3 aromatic rings. The number of thiophene rings is 1. The molecular formula is C25H24N4S. The average molecular weight is 413 g/mol. The number of nitrogens with zero attached hydrogens (tertiary/aromatic N) is 4. The number of piperazine rings is 1. The van der Waals surface area contributed by atoms with Gasteiger partial charge in [-0.1, -0.05) is 18.2 Å². The summed E-state index contributed by atoms with van der Waals surface area (Å²) in [5, 5.41) is 0. The monoisotopic (exact) mass is 412 g/mol. The van der Waals surface area contributed by atoms with Crippen molar-refractivity contribution < 1.29 is 0 Å². The number of anilines is 1. The van der Waals surface area contributed by atoms with Gasteiger partial charge in [0.2, 0.25) is 0 Å². The molecule has 1 saturated heterocycles. The molecule has 0 spiro atoms. The maximum atomic E-state index is 4.94. The van der Waals surface area contributed by atoms with Crippen molar-refractivity contribution in [2.45, 2.75) is 6.42 Å². The number of aliphatic imine (C=N–C) groups is 1. The molecule has 4 nitrogen and oxygen atoms in total. The first-order chi connectivity index (χ1) is 14.8. The maximum absolute atomic E-state index is 4.94. The van der Waals surface area contributed by atoms with E-state index in [0.717, 1.165) is 39.1 Å². The Hall–Kier alpha value is -2.76. The fraction of sp³-hybridized carbons (Fsp3) is 0.280. The topological polar surface area (TPSA) is 31.7 Å². The number of likely N-dealkylation sites (N-methyl/N-ethyl adjacent to an activating group) is 1. The normalized spacial score (nSPS) is 18.6. The van der Waals surface area contributed by atoms with Gasteiger partial charge >= 0.3 is 0 Å². The van der Waals surface area contributed by atoms with Gasteiger partial charge in [0.05, 0.1) is 12.3 Å². The molecule has 3 aliphatic rings. The second-order valence-corrected chi connectivity index (χ2v) is 9.46. The first-order valence-electron chi connectivity index (χ1n) is 10.6. The Kier molecular flexibility index (Phi) is 4.32. The fourth-order valence-electron chi connectivity index (χ4n) is 4.72. The molecule has 2 aliphatic heterocycles. The number of allylic oxidation sites excluding steroid dienone is 1. The smallest absolute Gasteiger partial charge is 0.0690 e. The number of benzene rings is 1. The summed E-state index contributed by atoms with van der Waals surface area (Å²) in [4.78, 5) is 16.9. The molecule has 0 radical (unpaired) electrons. The van der Waals surface area contributed by atoms with E-state index in [1.54, 1.807) is 0 Å². The summed E-state index contributed by atoms with van der Waals surface area (Å²) in [6.07, 6.45) is 4.79. The summed E-state index contributed by atoms with van der Waals surface area (Å²) >= 11 is 1.90. The van der Waals surface area contributed by atoms with Crippen LogP contribution in [0.4, 0.5) is 5.69 Å². The van der Waals surface area contributed by atoms with Gasteiger partial charge in [-0.3, -0.25) is 9.98 Å². The van der Waals surface area contributed by atoms with E-state index >= 15 is 0 Å². The summed E-state index contributed by atoms with van der Waals surface area (Å²) in [7, 11) is 2.20. The minimum absolute atomic E-state index is 0.807. The number of aromatic nitrogens is 1.